The standard InChI is InChI=1S/C21H38BNO6/c1-10-28-16(24)19(5,6)13-18(3,4)12-15(23(26)27)21(9,22)14-20(7,8)17(25)29-11-2/h12H,10-11,13-14,22H2,1-9H3/b15-12-. The molecule has 0 amide bonds. The molecule has 0 heterocycles. The van der Waals surface area contributed by atoms with Gasteiger partial charge in [-0.25, -0.2) is 0 Å². The Bertz CT molecular complexity index is 650. The van der Waals surface area contributed by atoms with Gasteiger partial charge in [-0.1, -0.05) is 20.8 Å². The maximum atomic E-state index is 12.3. The lowest BCUT2D eigenvalue weighted by Crippen LogP contribution is -2.34. The number of hydrogen-bond acceptors (Lipinski definition) is 6. The lowest BCUT2D eigenvalue weighted by Gasteiger charge is -2.34. The molecule has 8 heteroatoms. The molecule has 0 rings (SSSR count). The zero-order valence-electron chi connectivity index (χ0n) is 19.8. The first-order valence-corrected chi connectivity index (χ1v) is 10.1. The second-order valence-corrected chi connectivity index (χ2v) is 10.2. The zero-order valence-corrected chi connectivity index (χ0v) is 19.8. The molecule has 0 bridgehead atoms. The second-order valence-electron chi connectivity index (χ2n) is 10.2. The highest BCUT2D eigenvalue weighted by Gasteiger charge is 2.44. The summed E-state index contributed by atoms with van der Waals surface area (Å²) < 4.78 is 10.3. The van der Waals surface area contributed by atoms with E-state index in [9.17, 15) is 19.7 Å². The smallest absolute Gasteiger partial charge is 0.311 e. The molecule has 0 spiro atoms. The number of esters is 2. The third kappa shape index (κ3) is 8.19. The molecule has 166 valence electrons. The zero-order chi connectivity index (χ0) is 23.3. The third-order valence-electron chi connectivity index (χ3n) is 4.86. The Hall–Kier alpha value is -1.86. The topological polar surface area (TPSA) is 95.7 Å². The van der Waals surface area contributed by atoms with Crippen LogP contribution >= 0.6 is 0 Å². The highest BCUT2D eigenvalue weighted by Crippen LogP contribution is 2.46. The number of nitrogens with zero attached hydrogens (tertiary/aromatic N) is 1. The largest absolute Gasteiger partial charge is 0.466 e. The molecule has 0 aromatic rings. The summed E-state index contributed by atoms with van der Waals surface area (Å²) in [4.78, 5) is 36.1. The first kappa shape index (κ1) is 27.1. The summed E-state index contributed by atoms with van der Waals surface area (Å²) >= 11 is 0. The monoisotopic (exact) mass is 411 g/mol. The van der Waals surface area contributed by atoms with Gasteiger partial charge < -0.3 is 9.47 Å². The molecule has 0 aromatic heterocycles. The van der Waals surface area contributed by atoms with E-state index in [0.717, 1.165) is 0 Å². The van der Waals surface area contributed by atoms with Crippen LogP contribution in [0.15, 0.2) is 11.8 Å². The van der Waals surface area contributed by atoms with Crippen LogP contribution in [0.1, 0.15) is 75.2 Å². The molecular weight excluding hydrogens is 373 g/mol. The molecule has 0 aliphatic rings. The average molecular weight is 411 g/mol. The van der Waals surface area contributed by atoms with E-state index in [2.05, 4.69) is 0 Å². The molecule has 0 saturated carbocycles. The molecule has 0 aromatic carbocycles. The molecule has 0 aliphatic heterocycles. The van der Waals surface area contributed by atoms with Gasteiger partial charge in [0.2, 0.25) is 5.70 Å². The highest BCUT2D eigenvalue weighted by atomic mass is 16.6. The van der Waals surface area contributed by atoms with Crippen molar-refractivity contribution in [1.29, 1.82) is 0 Å². The first-order valence-electron chi connectivity index (χ1n) is 10.1. The van der Waals surface area contributed by atoms with Crippen molar-refractivity contribution >= 4 is 19.8 Å². The van der Waals surface area contributed by atoms with E-state index in [1.54, 1.807) is 62.4 Å². The summed E-state index contributed by atoms with van der Waals surface area (Å²) in [5.41, 5.74) is -2.27. The fourth-order valence-electron chi connectivity index (χ4n) is 4.05. The van der Waals surface area contributed by atoms with Crippen molar-refractivity contribution in [2.24, 2.45) is 16.2 Å². The van der Waals surface area contributed by atoms with Gasteiger partial charge >= 0.3 is 11.9 Å². The fourth-order valence-corrected chi connectivity index (χ4v) is 4.05. The average Bonchev–Trinajstić information content (AvgIpc) is 2.50. The van der Waals surface area contributed by atoms with E-state index >= 15 is 0 Å². The molecule has 7 nitrogen and oxygen atoms in total. The first-order chi connectivity index (χ1) is 12.9. The SMILES string of the molecule is BC(C)(CC(C)(C)C(=O)OCC)/C(=C/C(C)(C)CC(C)(C)C(=O)OCC)[N+](=O)[O-]. The van der Waals surface area contributed by atoms with Crippen LogP contribution in [0.3, 0.4) is 0 Å². The van der Waals surface area contributed by atoms with Gasteiger partial charge in [-0.3, -0.25) is 19.7 Å². The quantitative estimate of drug-likeness (QED) is 0.221. The van der Waals surface area contributed by atoms with Crippen LogP contribution in [0.5, 0.6) is 0 Å². The molecule has 0 N–H and O–H groups in total. The number of carbonyl (C=O) groups excluding carboxylic acids is 2. The van der Waals surface area contributed by atoms with Crippen molar-refractivity contribution in [3.63, 3.8) is 0 Å². The predicted molar refractivity (Wildman–Crippen MR) is 116 cm³/mol. The Kier molecular flexibility index (Phi) is 9.14. The van der Waals surface area contributed by atoms with Gasteiger partial charge in [0, 0.05) is 5.31 Å². The van der Waals surface area contributed by atoms with E-state index in [1.165, 1.54) is 0 Å². The fraction of sp³-hybridized carbons (Fsp3) is 0.810. The molecule has 1 atom stereocenters. The van der Waals surface area contributed by atoms with Crippen LogP contribution in [0.25, 0.3) is 0 Å². The molecule has 0 radical (unpaired) electrons. The normalized spacial score (nSPS) is 15.4. The molecule has 0 fully saturated rings. The van der Waals surface area contributed by atoms with Crippen LogP contribution in [-0.4, -0.2) is 37.9 Å². The summed E-state index contributed by atoms with van der Waals surface area (Å²) in [5, 5.41) is 11.1. The maximum Gasteiger partial charge on any atom is 0.311 e. The molecular formula is C21H38BNO6. The summed E-state index contributed by atoms with van der Waals surface area (Å²) in [6.45, 7) is 16.5. The molecule has 0 aliphatic carbocycles. The van der Waals surface area contributed by atoms with Crippen LogP contribution < -0.4 is 0 Å². The van der Waals surface area contributed by atoms with Crippen LogP contribution in [0.4, 0.5) is 0 Å². The Morgan fingerprint density at radius 3 is 1.62 bits per heavy atom. The van der Waals surface area contributed by atoms with Gasteiger partial charge in [-0.05, 0) is 65.9 Å². The minimum Gasteiger partial charge on any atom is -0.466 e. The van der Waals surface area contributed by atoms with E-state index in [1.807, 2.05) is 13.8 Å². The van der Waals surface area contributed by atoms with Gasteiger partial charge in [0.1, 0.15) is 7.85 Å². The van der Waals surface area contributed by atoms with Crippen molar-refractivity contribution in [1.82, 2.24) is 0 Å². The number of allylic oxidation sites excluding steroid dienone is 2. The highest BCUT2D eigenvalue weighted by molar-refractivity contribution is 6.17. The van der Waals surface area contributed by atoms with E-state index < -0.39 is 21.6 Å². The van der Waals surface area contributed by atoms with Crippen molar-refractivity contribution in [2.75, 3.05) is 13.2 Å². The van der Waals surface area contributed by atoms with Gasteiger partial charge in [0.25, 0.3) is 0 Å². The number of carbonyl (C=O) groups is 2. The minimum atomic E-state index is -0.884. The van der Waals surface area contributed by atoms with Crippen molar-refractivity contribution < 1.29 is 24.0 Å². The van der Waals surface area contributed by atoms with Gasteiger partial charge in [0.05, 0.1) is 29.0 Å². The lowest BCUT2D eigenvalue weighted by molar-refractivity contribution is -0.433. The van der Waals surface area contributed by atoms with E-state index in [4.69, 9.17) is 9.47 Å². The summed E-state index contributed by atoms with van der Waals surface area (Å²) in [5.74, 6) is -0.703. The Morgan fingerprint density at radius 1 is 0.897 bits per heavy atom. The van der Waals surface area contributed by atoms with E-state index in [0.29, 0.717) is 6.42 Å². The number of ether oxygens (including phenoxy) is 2. The van der Waals surface area contributed by atoms with Crippen molar-refractivity contribution in [3.8, 4) is 0 Å². The van der Waals surface area contributed by atoms with Gasteiger partial charge in [-0.15, -0.1) is 0 Å². The summed E-state index contributed by atoms with van der Waals surface area (Å²) in [7, 11) is 1.76. The van der Waals surface area contributed by atoms with Crippen molar-refractivity contribution in [2.45, 2.75) is 80.5 Å². The third-order valence-corrected chi connectivity index (χ3v) is 4.86. The van der Waals surface area contributed by atoms with Gasteiger partial charge in [0.15, 0.2) is 0 Å². The second kappa shape index (κ2) is 9.76. The van der Waals surface area contributed by atoms with E-state index in [-0.39, 0.29) is 42.2 Å². The van der Waals surface area contributed by atoms with Crippen LogP contribution in [0, 0.1) is 26.4 Å². The lowest BCUT2D eigenvalue weighted by atomic mass is 9.59. The number of hydrogen-bond donors (Lipinski definition) is 0. The molecule has 0 saturated heterocycles. The number of rotatable bonds is 11. The minimum absolute atomic E-state index is 0.0273. The Morgan fingerprint density at radius 2 is 1.28 bits per heavy atom. The summed E-state index contributed by atoms with van der Waals surface area (Å²) in [6, 6.07) is 0. The summed E-state index contributed by atoms with van der Waals surface area (Å²) in [6.07, 6.45) is 2.26. The molecule has 1 unspecified atom stereocenters. The Balaban J connectivity index is 5.87. The van der Waals surface area contributed by atoms with Crippen LogP contribution in [-0.2, 0) is 19.1 Å². The predicted octanol–water partition coefficient (Wildman–Crippen LogP) is 3.94. The Labute approximate surface area is 176 Å². The number of nitro groups is 1. The maximum absolute atomic E-state index is 12.3. The van der Waals surface area contributed by atoms with Gasteiger partial charge in [-0.2, -0.15) is 0 Å². The molecule has 29 heavy (non-hydrogen) atoms. The van der Waals surface area contributed by atoms with Crippen LogP contribution in [0.2, 0.25) is 5.31 Å². The van der Waals surface area contributed by atoms with Crippen molar-refractivity contribution in [3.05, 3.63) is 21.9 Å².